The van der Waals surface area contributed by atoms with Gasteiger partial charge in [0.05, 0.1) is 5.56 Å². The zero-order valence-corrected chi connectivity index (χ0v) is 10.8. The molecule has 3 aromatic rings. The minimum Gasteiger partial charge on any atom is -0.458 e. The number of aliphatic hydroxyl groups excluding tert-OH is 1. The summed E-state index contributed by atoms with van der Waals surface area (Å²) in [7, 11) is 0. The molecule has 0 spiro atoms. The van der Waals surface area contributed by atoms with Crippen LogP contribution in [0.15, 0.2) is 59.0 Å². The molecule has 21 heavy (non-hydrogen) atoms. The standard InChI is InChI=1S/C16H11F3O2/c17-16(18,19)12-7-5-10(6-8-12)15(20)14-9-11-3-1-2-4-13(11)21-14/h1-9,15,20H/t15-/m0/s1. The van der Waals surface area contributed by atoms with E-state index in [4.69, 9.17) is 4.42 Å². The van der Waals surface area contributed by atoms with E-state index in [1.807, 2.05) is 12.1 Å². The summed E-state index contributed by atoms with van der Waals surface area (Å²) in [5.41, 5.74) is 0.226. The van der Waals surface area contributed by atoms with Crippen LogP contribution in [0.5, 0.6) is 0 Å². The first kappa shape index (κ1) is 13.7. The summed E-state index contributed by atoms with van der Waals surface area (Å²) in [6.07, 6.45) is -5.48. The number of alkyl halides is 3. The predicted octanol–water partition coefficient (Wildman–Crippen LogP) is 4.53. The van der Waals surface area contributed by atoms with Crippen LogP contribution in [0.4, 0.5) is 13.2 Å². The zero-order chi connectivity index (χ0) is 15.0. The van der Waals surface area contributed by atoms with Crippen LogP contribution in [0.25, 0.3) is 11.0 Å². The average molecular weight is 292 g/mol. The molecule has 0 radical (unpaired) electrons. The average Bonchev–Trinajstić information content (AvgIpc) is 2.89. The highest BCUT2D eigenvalue weighted by Gasteiger charge is 2.30. The van der Waals surface area contributed by atoms with Gasteiger partial charge in [0.2, 0.25) is 0 Å². The molecule has 0 amide bonds. The molecule has 1 heterocycles. The Kier molecular flexibility index (Phi) is 3.22. The fourth-order valence-electron chi connectivity index (χ4n) is 2.16. The van der Waals surface area contributed by atoms with Crippen LogP contribution in [0.3, 0.4) is 0 Å². The topological polar surface area (TPSA) is 33.4 Å². The normalized spacial score (nSPS) is 13.5. The molecule has 2 nitrogen and oxygen atoms in total. The summed E-state index contributed by atoms with van der Waals surface area (Å²) in [5.74, 6) is 0.302. The smallest absolute Gasteiger partial charge is 0.416 e. The van der Waals surface area contributed by atoms with Crippen LogP contribution < -0.4 is 0 Å². The summed E-state index contributed by atoms with van der Waals surface area (Å²) in [6.45, 7) is 0. The molecule has 0 bridgehead atoms. The third-order valence-corrected chi connectivity index (χ3v) is 3.27. The molecule has 0 saturated carbocycles. The number of rotatable bonds is 2. The number of furan rings is 1. The third-order valence-electron chi connectivity index (χ3n) is 3.27. The first-order valence-corrected chi connectivity index (χ1v) is 6.29. The van der Waals surface area contributed by atoms with Gasteiger partial charge in [-0.1, -0.05) is 30.3 Å². The molecular formula is C16H11F3O2. The fraction of sp³-hybridized carbons (Fsp3) is 0.125. The lowest BCUT2D eigenvalue weighted by atomic mass is 10.0. The predicted molar refractivity (Wildman–Crippen MR) is 71.7 cm³/mol. The van der Waals surface area contributed by atoms with E-state index in [0.717, 1.165) is 17.5 Å². The Balaban J connectivity index is 1.92. The highest BCUT2D eigenvalue weighted by atomic mass is 19.4. The van der Waals surface area contributed by atoms with Crippen LogP contribution in [0.2, 0.25) is 0 Å². The Morgan fingerprint density at radius 3 is 2.24 bits per heavy atom. The van der Waals surface area contributed by atoms with E-state index in [1.54, 1.807) is 18.2 Å². The van der Waals surface area contributed by atoms with E-state index in [0.29, 0.717) is 16.9 Å². The summed E-state index contributed by atoms with van der Waals surface area (Å²) in [4.78, 5) is 0. The van der Waals surface area contributed by atoms with Crippen molar-refractivity contribution in [3.05, 3.63) is 71.5 Å². The van der Waals surface area contributed by atoms with Gasteiger partial charge in [0.1, 0.15) is 17.4 Å². The second-order valence-corrected chi connectivity index (χ2v) is 4.71. The van der Waals surface area contributed by atoms with Gasteiger partial charge in [-0.2, -0.15) is 13.2 Å². The largest absolute Gasteiger partial charge is 0.458 e. The molecule has 0 aliphatic rings. The molecule has 1 aromatic heterocycles. The zero-order valence-electron chi connectivity index (χ0n) is 10.8. The number of para-hydroxylation sites is 1. The molecule has 0 aliphatic heterocycles. The van der Waals surface area contributed by atoms with Crippen molar-refractivity contribution in [1.82, 2.24) is 0 Å². The van der Waals surface area contributed by atoms with Gasteiger partial charge in [-0.15, -0.1) is 0 Å². The number of hydrogen-bond donors (Lipinski definition) is 1. The first-order valence-electron chi connectivity index (χ1n) is 6.29. The quantitative estimate of drug-likeness (QED) is 0.752. The van der Waals surface area contributed by atoms with Crippen molar-refractivity contribution in [3.8, 4) is 0 Å². The Morgan fingerprint density at radius 1 is 0.952 bits per heavy atom. The maximum Gasteiger partial charge on any atom is 0.416 e. The Bertz CT molecular complexity index is 724. The van der Waals surface area contributed by atoms with E-state index in [-0.39, 0.29) is 0 Å². The molecule has 0 saturated heterocycles. The molecule has 5 heteroatoms. The second-order valence-electron chi connectivity index (χ2n) is 4.71. The van der Waals surface area contributed by atoms with Gasteiger partial charge in [0, 0.05) is 5.39 Å². The van der Waals surface area contributed by atoms with E-state index in [2.05, 4.69) is 0 Å². The van der Waals surface area contributed by atoms with Gasteiger partial charge < -0.3 is 9.52 Å². The highest BCUT2D eigenvalue weighted by Crippen LogP contribution is 2.32. The van der Waals surface area contributed by atoms with Crippen molar-refractivity contribution in [2.75, 3.05) is 0 Å². The Labute approximate surface area is 118 Å². The maximum absolute atomic E-state index is 12.5. The third kappa shape index (κ3) is 2.64. The molecule has 108 valence electrons. The van der Waals surface area contributed by atoms with Crippen molar-refractivity contribution in [1.29, 1.82) is 0 Å². The molecular weight excluding hydrogens is 281 g/mol. The number of benzene rings is 2. The van der Waals surface area contributed by atoms with Crippen LogP contribution in [-0.2, 0) is 6.18 Å². The minimum atomic E-state index is -4.39. The molecule has 1 N–H and O–H groups in total. The monoisotopic (exact) mass is 292 g/mol. The van der Waals surface area contributed by atoms with Crippen molar-refractivity contribution < 1.29 is 22.7 Å². The van der Waals surface area contributed by atoms with Gasteiger partial charge in [0.15, 0.2) is 0 Å². The van der Waals surface area contributed by atoms with Gasteiger partial charge in [0.25, 0.3) is 0 Å². The molecule has 0 unspecified atom stereocenters. The van der Waals surface area contributed by atoms with Gasteiger partial charge in [-0.25, -0.2) is 0 Å². The molecule has 1 atom stereocenters. The second kappa shape index (κ2) is 4.93. The van der Waals surface area contributed by atoms with Crippen LogP contribution in [0, 0.1) is 0 Å². The summed E-state index contributed by atoms with van der Waals surface area (Å²) < 4.78 is 43.0. The lowest BCUT2D eigenvalue weighted by Gasteiger charge is -2.10. The number of hydrogen-bond acceptors (Lipinski definition) is 2. The lowest BCUT2D eigenvalue weighted by molar-refractivity contribution is -0.137. The molecule has 3 rings (SSSR count). The molecule has 2 aromatic carbocycles. The number of fused-ring (bicyclic) bond motifs is 1. The van der Waals surface area contributed by atoms with Crippen molar-refractivity contribution in [3.63, 3.8) is 0 Å². The van der Waals surface area contributed by atoms with Gasteiger partial charge in [-0.3, -0.25) is 0 Å². The Morgan fingerprint density at radius 2 is 1.62 bits per heavy atom. The van der Waals surface area contributed by atoms with Gasteiger partial charge >= 0.3 is 6.18 Å². The van der Waals surface area contributed by atoms with Crippen LogP contribution in [0.1, 0.15) is 23.0 Å². The fourth-order valence-corrected chi connectivity index (χ4v) is 2.16. The minimum absolute atomic E-state index is 0.302. The maximum atomic E-state index is 12.5. The highest BCUT2D eigenvalue weighted by molar-refractivity contribution is 5.77. The van der Waals surface area contributed by atoms with E-state index in [1.165, 1.54) is 12.1 Å². The van der Waals surface area contributed by atoms with Crippen LogP contribution in [-0.4, -0.2) is 5.11 Å². The van der Waals surface area contributed by atoms with Crippen molar-refractivity contribution in [2.45, 2.75) is 12.3 Å². The molecule has 0 aliphatic carbocycles. The summed E-state index contributed by atoms with van der Waals surface area (Å²) in [6, 6.07) is 13.3. The number of halogens is 3. The summed E-state index contributed by atoms with van der Waals surface area (Å²) >= 11 is 0. The van der Waals surface area contributed by atoms with Crippen molar-refractivity contribution in [2.24, 2.45) is 0 Å². The van der Waals surface area contributed by atoms with Crippen molar-refractivity contribution >= 4 is 11.0 Å². The van der Waals surface area contributed by atoms with E-state index >= 15 is 0 Å². The van der Waals surface area contributed by atoms with E-state index < -0.39 is 17.8 Å². The lowest BCUT2D eigenvalue weighted by Crippen LogP contribution is -2.05. The first-order chi connectivity index (χ1) is 9.95. The van der Waals surface area contributed by atoms with E-state index in [9.17, 15) is 18.3 Å². The SMILES string of the molecule is O[C@@H](c1ccc(C(F)(F)F)cc1)c1cc2ccccc2o1. The molecule has 0 fully saturated rings. The summed E-state index contributed by atoms with van der Waals surface area (Å²) in [5, 5.41) is 11.0. The Hall–Kier alpha value is -2.27. The number of aliphatic hydroxyl groups is 1. The van der Waals surface area contributed by atoms with Crippen LogP contribution >= 0.6 is 0 Å². The van der Waals surface area contributed by atoms with Gasteiger partial charge in [-0.05, 0) is 29.8 Å².